The molecule has 8 nitrogen and oxygen atoms in total. The Labute approximate surface area is 197 Å². The summed E-state index contributed by atoms with van der Waals surface area (Å²) in [4.78, 5) is 25.0. The van der Waals surface area contributed by atoms with Gasteiger partial charge in [-0.05, 0) is 35.4 Å². The van der Waals surface area contributed by atoms with Crippen LogP contribution < -0.4 is 19.9 Å². The molecule has 1 aliphatic heterocycles. The van der Waals surface area contributed by atoms with Crippen LogP contribution in [0.5, 0.6) is 17.2 Å². The minimum atomic E-state index is -0.660. The quantitative estimate of drug-likeness (QED) is 0.555. The molecule has 8 heteroatoms. The van der Waals surface area contributed by atoms with Crippen LogP contribution in [0.2, 0.25) is 0 Å². The van der Waals surface area contributed by atoms with Crippen LogP contribution in [0.1, 0.15) is 33.9 Å². The molecule has 3 aromatic carbocycles. The predicted octanol–water partition coefficient (Wildman–Crippen LogP) is 3.56. The third-order valence-electron chi connectivity index (χ3n) is 5.58. The topological polar surface area (TPSA) is 103 Å². The summed E-state index contributed by atoms with van der Waals surface area (Å²) >= 11 is 0. The van der Waals surface area contributed by atoms with Crippen LogP contribution in [0.3, 0.4) is 0 Å². The minimum absolute atomic E-state index is 0.162. The van der Waals surface area contributed by atoms with Crippen LogP contribution >= 0.6 is 0 Å². The van der Waals surface area contributed by atoms with Crippen LogP contribution in [0, 0.1) is 0 Å². The number of hydrogen-bond donors (Lipinski definition) is 1. The summed E-state index contributed by atoms with van der Waals surface area (Å²) in [7, 11) is 3.10. The maximum atomic E-state index is 13.3. The molecular weight excluding hydrogens is 434 g/mol. The number of benzene rings is 3. The number of hydrazone groups is 1. The van der Waals surface area contributed by atoms with E-state index in [4.69, 9.17) is 19.9 Å². The van der Waals surface area contributed by atoms with E-state index in [-0.39, 0.29) is 29.9 Å². The highest BCUT2D eigenvalue weighted by molar-refractivity contribution is 6.03. The zero-order valence-corrected chi connectivity index (χ0v) is 18.9. The van der Waals surface area contributed by atoms with E-state index in [1.54, 1.807) is 13.2 Å². The number of amides is 2. The smallest absolute Gasteiger partial charge is 0.281 e. The third kappa shape index (κ3) is 4.85. The Balaban J connectivity index is 1.60. The number of carbonyl (C=O) groups excluding carboxylic acids is 2. The van der Waals surface area contributed by atoms with E-state index in [0.29, 0.717) is 12.2 Å². The van der Waals surface area contributed by atoms with Crippen molar-refractivity contribution in [2.24, 2.45) is 10.8 Å². The van der Waals surface area contributed by atoms with E-state index in [9.17, 15) is 9.59 Å². The fraction of sp³-hybridized carbons (Fsp3) is 0.192. The molecule has 1 unspecified atom stereocenters. The number of carbonyl (C=O) groups is 2. The van der Waals surface area contributed by atoms with Crippen molar-refractivity contribution in [3.63, 3.8) is 0 Å². The molecule has 1 atom stereocenters. The third-order valence-corrected chi connectivity index (χ3v) is 5.58. The predicted molar refractivity (Wildman–Crippen MR) is 127 cm³/mol. The lowest BCUT2D eigenvalue weighted by Crippen LogP contribution is -2.31. The van der Waals surface area contributed by atoms with Crippen molar-refractivity contribution >= 4 is 17.5 Å². The monoisotopic (exact) mass is 459 g/mol. The summed E-state index contributed by atoms with van der Waals surface area (Å²) in [6.45, 7) is -0.328. The van der Waals surface area contributed by atoms with E-state index in [1.165, 1.54) is 24.3 Å². The second kappa shape index (κ2) is 10.1. The van der Waals surface area contributed by atoms with Gasteiger partial charge in [0.1, 0.15) is 17.2 Å². The lowest BCUT2D eigenvalue weighted by Gasteiger charge is -2.22. The molecule has 0 fully saturated rings. The lowest BCUT2D eigenvalue weighted by molar-refractivity contribution is -0.135. The van der Waals surface area contributed by atoms with Gasteiger partial charge in [0.25, 0.3) is 11.8 Å². The minimum Gasteiger partial charge on any atom is -0.497 e. The second-order valence-electron chi connectivity index (χ2n) is 7.66. The Kier molecular flexibility index (Phi) is 6.77. The summed E-state index contributed by atoms with van der Waals surface area (Å²) in [5.41, 5.74) is 8.28. The van der Waals surface area contributed by atoms with E-state index in [2.05, 4.69) is 5.10 Å². The molecular formula is C26H25N3O5. The zero-order valence-electron chi connectivity index (χ0n) is 18.9. The summed E-state index contributed by atoms with van der Waals surface area (Å²) in [6.07, 6.45) is 0.549. The molecule has 1 heterocycles. The first-order chi connectivity index (χ1) is 16.5. The Hall–Kier alpha value is -4.33. The first-order valence-electron chi connectivity index (χ1n) is 10.7. The average molecular weight is 460 g/mol. The Bertz CT molecular complexity index is 1210. The molecule has 1 aliphatic rings. The number of nitrogens with zero attached hydrogens (tertiary/aromatic N) is 2. The van der Waals surface area contributed by atoms with Crippen molar-refractivity contribution in [3.8, 4) is 17.2 Å². The first-order valence-corrected chi connectivity index (χ1v) is 10.7. The van der Waals surface area contributed by atoms with Crippen molar-refractivity contribution in [3.05, 3.63) is 89.5 Å². The molecule has 174 valence electrons. The Morgan fingerprint density at radius 2 is 1.65 bits per heavy atom. The van der Waals surface area contributed by atoms with Gasteiger partial charge in [-0.2, -0.15) is 5.10 Å². The molecule has 0 spiro atoms. The summed E-state index contributed by atoms with van der Waals surface area (Å²) in [6, 6.07) is 21.6. The van der Waals surface area contributed by atoms with Gasteiger partial charge >= 0.3 is 0 Å². The van der Waals surface area contributed by atoms with E-state index >= 15 is 0 Å². The van der Waals surface area contributed by atoms with Crippen molar-refractivity contribution in [1.29, 1.82) is 0 Å². The highest BCUT2D eigenvalue weighted by atomic mass is 16.5. The van der Waals surface area contributed by atoms with Gasteiger partial charge in [0.05, 0.1) is 31.5 Å². The molecule has 2 amide bonds. The van der Waals surface area contributed by atoms with Gasteiger partial charge in [-0.3, -0.25) is 9.59 Å². The van der Waals surface area contributed by atoms with E-state index in [0.717, 1.165) is 22.6 Å². The van der Waals surface area contributed by atoms with Crippen LogP contribution in [0.15, 0.2) is 77.9 Å². The normalized spacial score (nSPS) is 14.9. The standard InChI is InChI=1S/C26H25N3O5/c1-32-19-10-8-18(9-11-19)23-15-22(17-6-4-3-5-7-17)28-29(23)25(30)16-34-24-14-20(33-2)12-13-21(24)26(27)31/h3-14,23H,15-16H2,1-2H3,(H2,27,31). The molecule has 0 aliphatic carbocycles. The largest absolute Gasteiger partial charge is 0.497 e. The van der Waals surface area contributed by atoms with Crippen molar-refractivity contribution in [2.75, 3.05) is 20.8 Å². The van der Waals surface area contributed by atoms with Crippen LogP contribution in [0.4, 0.5) is 0 Å². The highest BCUT2D eigenvalue weighted by Crippen LogP contribution is 2.34. The van der Waals surface area contributed by atoms with Gasteiger partial charge in [0.15, 0.2) is 6.61 Å². The van der Waals surface area contributed by atoms with Crippen LogP contribution in [0.25, 0.3) is 0 Å². The van der Waals surface area contributed by atoms with Gasteiger partial charge in [-0.15, -0.1) is 0 Å². The number of primary amides is 1. The molecule has 0 bridgehead atoms. The average Bonchev–Trinajstić information content (AvgIpc) is 3.33. The maximum Gasteiger partial charge on any atom is 0.281 e. The van der Waals surface area contributed by atoms with E-state index in [1.807, 2.05) is 54.6 Å². The Morgan fingerprint density at radius 3 is 2.29 bits per heavy atom. The molecule has 3 aromatic rings. The second-order valence-corrected chi connectivity index (χ2v) is 7.66. The number of ether oxygens (including phenoxy) is 3. The SMILES string of the molecule is COc1ccc(C2CC(c3ccccc3)=NN2C(=O)COc2cc(OC)ccc2C(N)=O)cc1. The van der Waals surface area contributed by atoms with Crippen molar-refractivity contribution < 1.29 is 23.8 Å². The number of hydrogen-bond acceptors (Lipinski definition) is 6. The van der Waals surface area contributed by atoms with Crippen molar-refractivity contribution in [2.45, 2.75) is 12.5 Å². The molecule has 0 aromatic heterocycles. The summed E-state index contributed by atoms with van der Waals surface area (Å²) < 4.78 is 16.2. The van der Waals surface area contributed by atoms with Gasteiger partial charge < -0.3 is 19.9 Å². The molecule has 34 heavy (non-hydrogen) atoms. The van der Waals surface area contributed by atoms with Crippen molar-refractivity contribution in [1.82, 2.24) is 5.01 Å². The number of nitrogens with two attached hydrogens (primary N) is 1. The van der Waals surface area contributed by atoms with Gasteiger partial charge in [0, 0.05) is 12.5 Å². The highest BCUT2D eigenvalue weighted by Gasteiger charge is 2.33. The van der Waals surface area contributed by atoms with Gasteiger partial charge in [-0.1, -0.05) is 42.5 Å². The van der Waals surface area contributed by atoms with Crippen LogP contribution in [-0.2, 0) is 4.79 Å². The fourth-order valence-electron chi connectivity index (χ4n) is 3.79. The zero-order chi connectivity index (χ0) is 24.1. The summed E-state index contributed by atoms with van der Waals surface area (Å²) in [5.74, 6) is 0.364. The van der Waals surface area contributed by atoms with Gasteiger partial charge in [0.2, 0.25) is 0 Å². The number of rotatable bonds is 8. The molecule has 0 saturated carbocycles. The number of methoxy groups -OCH3 is 2. The molecule has 4 rings (SSSR count). The van der Waals surface area contributed by atoms with Gasteiger partial charge in [-0.25, -0.2) is 5.01 Å². The Morgan fingerprint density at radius 1 is 0.971 bits per heavy atom. The molecule has 0 radical (unpaired) electrons. The first kappa shape index (κ1) is 22.8. The molecule has 2 N–H and O–H groups in total. The maximum absolute atomic E-state index is 13.3. The fourth-order valence-corrected chi connectivity index (χ4v) is 3.79. The van der Waals surface area contributed by atoms with Crippen LogP contribution in [-0.4, -0.2) is 43.4 Å². The molecule has 0 saturated heterocycles. The summed E-state index contributed by atoms with van der Waals surface area (Å²) in [5, 5.41) is 6.07. The lowest BCUT2D eigenvalue weighted by atomic mass is 9.98. The van der Waals surface area contributed by atoms with E-state index < -0.39 is 5.91 Å².